The van der Waals surface area contributed by atoms with Gasteiger partial charge >= 0.3 is 0 Å². The van der Waals surface area contributed by atoms with E-state index in [4.69, 9.17) is 16.6 Å². The number of carbonyl (C=O) groups excluding carboxylic acids is 1. The molecule has 0 saturated heterocycles. The van der Waals surface area contributed by atoms with Crippen molar-refractivity contribution >= 4 is 23.5 Å². The molecule has 0 aliphatic rings. The van der Waals surface area contributed by atoms with Crippen molar-refractivity contribution in [1.29, 1.82) is 0 Å². The van der Waals surface area contributed by atoms with Gasteiger partial charge in [0.25, 0.3) is 5.91 Å². The largest absolute Gasteiger partial charge is 0.508 e. The highest BCUT2D eigenvalue weighted by Crippen LogP contribution is 2.31. The van der Waals surface area contributed by atoms with Crippen LogP contribution in [-0.4, -0.2) is 51.6 Å². The van der Waals surface area contributed by atoms with Gasteiger partial charge in [0, 0.05) is 37.4 Å². The van der Waals surface area contributed by atoms with Crippen molar-refractivity contribution in [3.05, 3.63) is 107 Å². The zero-order valence-electron chi connectivity index (χ0n) is 20.0. The zero-order chi connectivity index (χ0) is 25.7. The number of aliphatic hydroxyl groups is 1. The Morgan fingerprint density at radius 1 is 1.00 bits per heavy atom. The Balaban J connectivity index is 1.65. The Morgan fingerprint density at radius 2 is 1.72 bits per heavy atom. The number of anilines is 1. The molecule has 0 aliphatic carbocycles. The molecule has 0 bridgehead atoms. The second-order valence-corrected chi connectivity index (χ2v) is 8.96. The number of phenols is 1. The van der Waals surface area contributed by atoms with E-state index >= 15 is 0 Å². The smallest absolute Gasteiger partial charge is 0.257 e. The highest BCUT2D eigenvalue weighted by atomic mass is 35.5. The molecule has 0 radical (unpaired) electrons. The minimum Gasteiger partial charge on any atom is -0.508 e. The first-order valence-corrected chi connectivity index (χ1v) is 11.8. The van der Waals surface area contributed by atoms with Crippen molar-refractivity contribution in [2.45, 2.75) is 12.6 Å². The van der Waals surface area contributed by atoms with Crippen LogP contribution < -0.4 is 4.90 Å². The molecule has 0 spiro atoms. The quantitative estimate of drug-likeness (QED) is 0.354. The van der Waals surface area contributed by atoms with Crippen molar-refractivity contribution in [1.82, 2.24) is 14.9 Å². The summed E-state index contributed by atoms with van der Waals surface area (Å²) in [5, 5.41) is 20.8. The molecule has 7 nitrogen and oxygen atoms in total. The number of carbonyl (C=O) groups is 1. The van der Waals surface area contributed by atoms with Gasteiger partial charge in [0.2, 0.25) is 5.95 Å². The molecule has 1 unspecified atom stereocenters. The van der Waals surface area contributed by atoms with Gasteiger partial charge in [0.15, 0.2) is 0 Å². The average Bonchev–Trinajstić information content (AvgIpc) is 2.88. The van der Waals surface area contributed by atoms with Gasteiger partial charge in [0.1, 0.15) is 5.75 Å². The zero-order valence-corrected chi connectivity index (χ0v) is 20.8. The van der Waals surface area contributed by atoms with Crippen LogP contribution in [0.3, 0.4) is 0 Å². The van der Waals surface area contributed by atoms with E-state index in [-0.39, 0.29) is 23.8 Å². The molecule has 2 N–H and O–H groups in total. The molecule has 4 rings (SSSR count). The van der Waals surface area contributed by atoms with Gasteiger partial charge in [0.05, 0.1) is 23.9 Å². The van der Waals surface area contributed by atoms with E-state index in [1.54, 1.807) is 25.2 Å². The molecule has 0 aliphatic heterocycles. The molecule has 0 saturated carbocycles. The van der Waals surface area contributed by atoms with Gasteiger partial charge < -0.3 is 20.0 Å². The third-order valence-electron chi connectivity index (χ3n) is 5.79. The highest BCUT2D eigenvalue weighted by molar-refractivity contribution is 6.33. The van der Waals surface area contributed by atoms with E-state index < -0.39 is 6.10 Å². The van der Waals surface area contributed by atoms with Crippen LogP contribution in [-0.2, 0) is 6.54 Å². The lowest BCUT2D eigenvalue weighted by molar-refractivity contribution is 0.0681. The van der Waals surface area contributed by atoms with Gasteiger partial charge in [-0.25, -0.2) is 9.97 Å². The minimum absolute atomic E-state index is 0.0138. The molecule has 184 valence electrons. The van der Waals surface area contributed by atoms with Gasteiger partial charge in [-0.15, -0.1) is 0 Å². The fourth-order valence-electron chi connectivity index (χ4n) is 3.88. The van der Waals surface area contributed by atoms with Crippen molar-refractivity contribution < 1.29 is 15.0 Å². The van der Waals surface area contributed by atoms with Crippen LogP contribution in [0.2, 0.25) is 5.02 Å². The third kappa shape index (κ3) is 5.82. The lowest BCUT2D eigenvalue weighted by Gasteiger charge is -2.23. The monoisotopic (exact) mass is 502 g/mol. The molecule has 0 fully saturated rings. The molecule has 8 heteroatoms. The van der Waals surface area contributed by atoms with Gasteiger partial charge in [-0.1, -0.05) is 72.3 Å². The summed E-state index contributed by atoms with van der Waals surface area (Å²) in [6, 6.07) is 23.5. The maximum atomic E-state index is 13.5. The van der Waals surface area contributed by atoms with E-state index in [0.717, 1.165) is 5.56 Å². The number of amides is 1. The summed E-state index contributed by atoms with van der Waals surface area (Å²) in [6.07, 6.45) is 0.522. The second-order valence-electron chi connectivity index (χ2n) is 8.55. The number of benzene rings is 3. The lowest BCUT2D eigenvalue weighted by Crippen LogP contribution is -2.32. The predicted molar refractivity (Wildman–Crippen MR) is 141 cm³/mol. The SMILES string of the molecule is CN(CC(O)c1cccc(O)c1)C(=O)c1cnc(N(C)Cc2ccccc2)nc1-c1ccccc1Cl. The van der Waals surface area contributed by atoms with E-state index in [1.165, 1.54) is 23.2 Å². The number of rotatable bonds is 8. The van der Waals surface area contributed by atoms with Crippen molar-refractivity contribution in [2.24, 2.45) is 0 Å². The molecule has 1 amide bonds. The summed E-state index contributed by atoms with van der Waals surface area (Å²) in [4.78, 5) is 26.0. The number of likely N-dealkylation sites (N-methyl/N-ethyl adjacent to an activating group) is 1. The molecular formula is C28H27ClN4O3. The van der Waals surface area contributed by atoms with Crippen LogP contribution in [0, 0.1) is 0 Å². The number of hydrogen-bond acceptors (Lipinski definition) is 6. The van der Waals surface area contributed by atoms with Crippen molar-refractivity contribution in [2.75, 3.05) is 25.5 Å². The Hall–Kier alpha value is -3.94. The van der Waals surface area contributed by atoms with Gasteiger partial charge in [-0.2, -0.15) is 0 Å². The number of aromatic nitrogens is 2. The lowest BCUT2D eigenvalue weighted by atomic mass is 10.1. The molecule has 1 heterocycles. The molecule has 4 aromatic rings. The van der Waals surface area contributed by atoms with Crippen LogP contribution in [0.4, 0.5) is 5.95 Å². The molecular weight excluding hydrogens is 476 g/mol. The standard InChI is InChI=1S/C28H27ClN4O3/c1-32(18-25(35)20-11-8-12-21(34)15-20)27(36)23-16-30-28(33(2)17-19-9-4-3-5-10-19)31-26(23)22-13-6-7-14-24(22)29/h3-16,25,34-35H,17-18H2,1-2H3. The Kier molecular flexibility index (Phi) is 7.83. The molecule has 1 atom stereocenters. The fraction of sp³-hybridized carbons (Fsp3) is 0.179. The van der Waals surface area contributed by atoms with Crippen LogP contribution in [0.25, 0.3) is 11.3 Å². The Bertz CT molecular complexity index is 1350. The molecule has 3 aromatic carbocycles. The van der Waals surface area contributed by atoms with E-state index in [9.17, 15) is 15.0 Å². The van der Waals surface area contributed by atoms with Crippen LogP contribution in [0.5, 0.6) is 5.75 Å². The summed E-state index contributed by atoms with van der Waals surface area (Å²) < 4.78 is 0. The first-order chi connectivity index (χ1) is 17.3. The number of aromatic hydroxyl groups is 1. The van der Waals surface area contributed by atoms with E-state index in [0.29, 0.717) is 34.3 Å². The summed E-state index contributed by atoms with van der Waals surface area (Å²) in [6.45, 7) is 0.603. The van der Waals surface area contributed by atoms with Crippen molar-refractivity contribution in [3.8, 4) is 17.0 Å². The fourth-order valence-corrected chi connectivity index (χ4v) is 4.11. The van der Waals surface area contributed by atoms with E-state index in [2.05, 4.69) is 4.98 Å². The van der Waals surface area contributed by atoms with Crippen LogP contribution >= 0.6 is 11.6 Å². The van der Waals surface area contributed by atoms with Gasteiger partial charge in [-0.05, 0) is 29.3 Å². The molecule has 1 aromatic heterocycles. The summed E-state index contributed by atoms with van der Waals surface area (Å²) in [5.74, 6) is 0.138. The van der Waals surface area contributed by atoms with E-state index in [1.807, 2.05) is 60.5 Å². The average molecular weight is 503 g/mol. The van der Waals surface area contributed by atoms with Crippen LogP contribution in [0.1, 0.15) is 27.6 Å². The summed E-state index contributed by atoms with van der Waals surface area (Å²) in [5.41, 5.74) is 2.90. The second kappa shape index (κ2) is 11.2. The number of halogens is 1. The number of nitrogens with zero attached hydrogens (tertiary/aromatic N) is 4. The third-order valence-corrected chi connectivity index (χ3v) is 6.12. The number of aliphatic hydroxyl groups excluding tert-OH is 1. The first-order valence-electron chi connectivity index (χ1n) is 11.4. The predicted octanol–water partition coefficient (Wildman–Crippen LogP) is 4.94. The Labute approximate surface area is 215 Å². The summed E-state index contributed by atoms with van der Waals surface area (Å²) in [7, 11) is 3.48. The maximum Gasteiger partial charge on any atom is 0.257 e. The minimum atomic E-state index is -0.980. The normalized spacial score (nSPS) is 11.7. The highest BCUT2D eigenvalue weighted by Gasteiger charge is 2.24. The molecule has 36 heavy (non-hydrogen) atoms. The van der Waals surface area contributed by atoms with Crippen molar-refractivity contribution in [3.63, 3.8) is 0 Å². The summed E-state index contributed by atoms with van der Waals surface area (Å²) >= 11 is 6.49. The maximum absolute atomic E-state index is 13.5. The first kappa shape index (κ1) is 25.2. The number of hydrogen-bond donors (Lipinski definition) is 2. The number of phenolic OH excluding ortho intramolecular Hbond substituents is 1. The van der Waals surface area contributed by atoms with Gasteiger partial charge in [-0.3, -0.25) is 4.79 Å². The Morgan fingerprint density at radius 3 is 2.44 bits per heavy atom. The van der Waals surface area contributed by atoms with Crippen LogP contribution in [0.15, 0.2) is 85.1 Å². The topological polar surface area (TPSA) is 89.8 Å².